The molecule has 0 aromatic carbocycles. The van der Waals surface area contributed by atoms with Crippen LogP contribution >= 0.6 is 23.1 Å². The Morgan fingerprint density at radius 2 is 2.15 bits per heavy atom. The van der Waals surface area contributed by atoms with E-state index < -0.39 is 0 Å². The van der Waals surface area contributed by atoms with E-state index in [-0.39, 0.29) is 22.7 Å². The maximum absolute atomic E-state index is 12.0. The van der Waals surface area contributed by atoms with Crippen LogP contribution in [-0.2, 0) is 9.59 Å². The number of amides is 1. The Labute approximate surface area is 125 Å². The Kier molecular flexibility index (Phi) is 4.59. The summed E-state index contributed by atoms with van der Waals surface area (Å²) in [4.78, 5) is 41.0. The molecule has 1 unspecified atom stereocenters. The summed E-state index contributed by atoms with van der Waals surface area (Å²) in [5.74, 6) is 0.813. The van der Waals surface area contributed by atoms with Crippen molar-refractivity contribution < 1.29 is 14.4 Å². The van der Waals surface area contributed by atoms with Gasteiger partial charge < -0.3 is 0 Å². The van der Waals surface area contributed by atoms with E-state index in [1.165, 1.54) is 36.9 Å². The molecule has 1 aliphatic rings. The number of ketones is 1. The van der Waals surface area contributed by atoms with Gasteiger partial charge in [-0.1, -0.05) is 23.1 Å². The van der Waals surface area contributed by atoms with E-state index in [0.717, 1.165) is 0 Å². The lowest BCUT2D eigenvalue weighted by atomic mass is 10.1. The van der Waals surface area contributed by atoms with Crippen LogP contribution in [0.2, 0.25) is 0 Å². The van der Waals surface area contributed by atoms with Crippen molar-refractivity contribution in [3.8, 4) is 0 Å². The van der Waals surface area contributed by atoms with Gasteiger partial charge in [-0.3, -0.25) is 19.3 Å². The van der Waals surface area contributed by atoms with Crippen LogP contribution in [0.3, 0.4) is 0 Å². The lowest BCUT2D eigenvalue weighted by Gasteiger charge is -2.12. The summed E-state index contributed by atoms with van der Waals surface area (Å²) < 4.78 is 0. The molecule has 7 heteroatoms. The zero-order valence-electron chi connectivity index (χ0n) is 11.6. The standard InChI is InChI=1S/C13H16N2O3S2/c1-7-12(8(2)16)20-13(14-7)15-5-10(4-11(15)18)6-19-9(3)17/h10H,4-6H2,1-3H3. The second kappa shape index (κ2) is 6.05. The summed E-state index contributed by atoms with van der Waals surface area (Å²) in [6.45, 7) is 5.38. The van der Waals surface area contributed by atoms with Gasteiger partial charge in [-0.05, 0) is 12.8 Å². The lowest BCUT2D eigenvalue weighted by molar-refractivity contribution is -0.117. The molecule has 1 atom stereocenters. The van der Waals surface area contributed by atoms with Crippen molar-refractivity contribution in [3.63, 3.8) is 0 Å². The highest BCUT2D eigenvalue weighted by molar-refractivity contribution is 8.13. The molecule has 20 heavy (non-hydrogen) atoms. The quantitative estimate of drug-likeness (QED) is 0.798. The fraction of sp³-hybridized carbons (Fsp3) is 0.538. The predicted molar refractivity (Wildman–Crippen MR) is 80.5 cm³/mol. The molecule has 2 rings (SSSR count). The van der Waals surface area contributed by atoms with E-state index in [4.69, 9.17) is 0 Å². The Morgan fingerprint density at radius 1 is 1.45 bits per heavy atom. The molecule has 2 heterocycles. The number of thioether (sulfide) groups is 1. The number of hydrogen-bond donors (Lipinski definition) is 0. The molecule has 0 bridgehead atoms. The first kappa shape index (κ1) is 15.2. The third-order valence-corrected chi connectivity index (χ3v) is 5.39. The second-order valence-electron chi connectivity index (χ2n) is 4.84. The number of carbonyl (C=O) groups is 3. The SMILES string of the molecule is CC(=O)SCC1CC(=O)N(c2nc(C)c(C(C)=O)s2)C1. The molecule has 0 N–H and O–H groups in total. The van der Waals surface area contributed by atoms with Gasteiger partial charge in [0.05, 0.1) is 10.6 Å². The number of aromatic nitrogens is 1. The zero-order chi connectivity index (χ0) is 14.9. The molecule has 0 spiro atoms. The van der Waals surface area contributed by atoms with Crippen LogP contribution in [-0.4, -0.2) is 34.1 Å². The molecule has 0 radical (unpaired) electrons. The number of Topliss-reactive ketones (excluding diaryl/α,β-unsaturated/α-hetero) is 1. The van der Waals surface area contributed by atoms with Crippen molar-refractivity contribution in [1.82, 2.24) is 4.98 Å². The van der Waals surface area contributed by atoms with Crippen molar-refractivity contribution in [2.45, 2.75) is 27.2 Å². The molecule has 0 aliphatic carbocycles. The number of anilines is 1. The normalized spacial score (nSPS) is 18.6. The zero-order valence-corrected chi connectivity index (χ0v) is 13.3. The maximum atomic E-state index is 12.0. The van der Waals surface area contributed by atoms with Crippen LogP contribution in [0.5, 0.6) is 0 Å². The second-order valence-corrected chi connectivity index (χ2v) is 7.02. The summed E-state index contributed by atoms with van der Waals surface area (Å²) >= 11 is 2.52. The molecule has 1 aromatic heterocycles. The van der Waals surface area contributed by atoms with E-state index in [2.05, 4.69) is 4.98 Å². The van der Waals surface area contributed by atoms with Crippen LogP contribution in [0.4, 0.5) is 5.13 Å². The minimum absolute atomic E-state index is 0.0167. The van der Waals surface area contributed by atoms with Gasteiger partial charge in [0.25, 0.3) is 0 Å². The molecule has 5 nitrogen and oxygen atoms in total. The Morgan fingerprint density at radius 3 is 2.70 bits per heavy atom. The van der Waals surface area contributed by atoms with Gasteiger partial charge in [0.2, 0.25) is 5.91 Å². The number of thiazole rings is 1. The molecule has 1 amide bonds. The summed E-state index contributed by atoms with van der Waals surface area (Å²) in [5, 5.41) is 0.660. The van der Waals surface area contributed by atoms with Crippen molar-refractivity contribution in [2.24, 2.45) is 5.92 Å². The molecule has 1 saturated heterocycles. The van der Waals surface area contributed by atoms with Gasteiger partial charge in [0.15, 0.2) is 16.0 Å². The van der Waals surface area contributed by atoms with Crippen molar-refractivity contribution in [1.29, 1.82) is 0 Å². The number of rotatable bonds is 4. The third kappa shape index (κ3) is 3.27. The number of nitrogens with zero attached hydrogens (tertiary/aromatic N) is 2. The van der Waals surface area contributed by atoms with E-state index >= 15 is 0 Å². The van der Waals surface area contributed by atoms with Crippen molar-refractivity contribution >= 4 is 45.0 Å². The van der Waals surface area contributed by atoms with Gasteiger partial charge >= 0.3 is 0 Å². The lowest BCUT2D eigenvalue weighted by Crippen LogP contribution is -2.24. The first-order valence-electron chi connectivity index (χ1n) is 6.30. The average Bonchev–Trinajstić information content (AvgIpc) is 2.90. The van der Waals surface area contributed by atoms with E-state index in [0.29, 0.717) is 34.4 Å². The van der Waals surface area contributed by atoms with Gasteiger partial charge in [-0.25, -0.2) is 4.98 Å². The number of hydrogen-bond acceptors (Lipinski definition) is 6. The Balaban J connectivity index is 2.10. The van der Waals surface area contributed by atoms with Gasteiger partial charge in [-0.2, -0.15) is 0 Å². The molecular formula is C13H16N2O3S2. The fourth-order valence-corrected chi connectivity index (χ4v) is 3.82. The number of carbonyl (C=O) groups excluding carboxylic acids is 3. The van der Waals surface area contributed by atoms with Crippen molar-refractivity contribution in [2.75, 3.05) is 17.2 Å². The first-order valence-corrected chi connectivity index (χ1v) is 8.10. The summed E-state index contributed by atoms with van der Waals surface area (Å²) in [6.07, 6.45) is 0.439. The van der Waals surface area contributed by atoms with Crippen LogP contribution in [0.25, 0.3) is 0 Å². The molecular weight excluding hydrogens is 296 g/mol. The number of aryl methyl sites for hydroxylation is 1. The van der Waals surface area contributed by atoms with E-state index in [1.807, 2.05) is 0 Å². The van der Waals surface area contributed by atoms with Gasteiger partial charge in [0.1, 0.15) is 0 Å². The maximum Gasteiger partial charge on any atom is 0.229 e. The first-order chi connectivity index (χ1) is 9.38. The van der Waals surface area contributed by atoms with Gasteiger partial charge in [0, 0.05) is 32.6 Å². The van der Waals surface area contributed by atoms with Crippen LogP contribution in [0, 0.1) is 12.8 Å². The smallest absolute Gasteiger partial charge is 0.229 e. The molecule has 1 aromatic rings. The molecule has 108 valence electrons. The highest BCUT2D eigenvalue weighted by atomic mass is 32.2. The Hall–Kier alpha value is -1.21. The third-order valence-electron chi connectivity index (χ3n) is 3.06. The summed E-state index contributed by atoms with van der Waals surface area (Å²) in [7, 11) is 0. The van der Waals surface area contributed by atoms with Crippen LogP contribution < -0.4 is 4.90 Å². The average molecular weight is 312 g/mol. The molecule has 0 saturated carbocycles. The summed E-state index contributed by atoms with van der Waals surface area (Å²) in [5.41, 5.74) is 0.673. The highest BCUT2D eigenvalue weighted by Crippen LogP contribution is 2.32. The minimum atomic E-state index is -0.0263. The predicted octanol–water partition coefficient (Wildman–Crippen LogP) is 2.29. The topological polar surface area (TPSA) is 67.3 Å². The van der Waals surface area contributed by atoms with Gasteiger partial charge in [-0.15, -0.1) is 0 Å². The monoisotopic (exact) mass is 312 g/mol. The molecule has 1 aliphatic heterocycles. The van der Waals surface area contributed by atoms with E-state index in [9.17, 15) is 14.4 Å². The summed E-state index contributed by atoms with van der Waals surface area (Å²) in [6, 6.07) is 0. The van der Waals surface area contributed by atoms with Crippen molar-refractivity contribution in [3.05, 3.63) is 10.6 Å². The minimum Gasteiger partial charge on any atom is -0.294 e. The molecule has 1 fully saturated rings. The van der Waals surface area contributed by atoms with Crippen LogP contribution in [0.15, 0.2) is 0 Å². The van der Waals surface area contributed by atoms with Crippen LogP contribution in [0.1, 0.15) is 35.6 Å². The largest absolute Gasteiger partial charge is 0.294 e. The highest BCUT2D eigenvalue weighted by Gasteiger charge is 2.33. The Bertz CT molecular complexity index is 568. The fourth-order valence-electron chi connectivity index (χ4n) is 2.14. The van der Waals surface area contributed by atoms with E-state index in [1.54, 1.807) is 11.8 Å².